The summed E-state index contributed by atoms with van der Waals surface area (Å²) in [6, 6.07) is 0. The first-order valence-electron chi connectivity index (χ1n) is 24.0. The summed E-state index contributed by atoms with van der Waals surface area (Å²) in [6.45, 7) is 3.73. The Morgan fingerprint density at radius 3 is 1.58 bits per heavy atom. The quantitative estimate of drug-likeness (QED) is 0.0198. The minimum absolute atomic E-state index is 0.000189. The van der Waals surface area contributed by atoms with Crippen LogP contribution in [0.2, 0.25) is 0 Å². The summed E-state index contributed by atoms with van der Waals surface area (Å²) in [6.07, 6.45) is 47.3. The molecule has 1 saturated heterocycles. The van der Waals surface area contributed by atoms with Gasteiger partial charge in [0, 0.05) is 13.0 Å². The molecular weight excluding hydrogens is 837 g/mol. The van der Waals surface area contributed by atoms with Crippen LogP contribution in [-0.4, -0.2) is 97.5 Å². The lowest BCUT2D eigenvalue weighted by atomic mass is 9.99. The second-order valence-corrected chi connectivity index (χ2v) is 17.0. The summed E-state index contributed by atoms with van der Waals surface area (Å²) in [5, 5.41) is 30.7. The third-order valence-corrected chi connectivity index (χ3v) is 10.7. The molecule has 12 nitrogen and oxygen atoms in total. The predicted octanol–water partition coefficient (Wildman–Crippen LogP) is 10.6. The zero-order valence-electron chi connectivity index (χ0n) is 39.0. The lowest BCUT2D eigenvalue weighted by molar-refractivity contribution is -0.301. The van der Waals surface area contributed by atoms with Crippen molar-refractivity contribution in [2.24, 2.45) is 0 Å². The number of carbonyl (C=O) groups is 1. The third kappa shape index (κ3) is 34.4. The number of rotatable bonds is 40. The first kappa shape index (κ1) is 59.0. The van der Waals surface area contributed by atoms with Gasteiger partial charge in [0.05, 0.1) is 19.8 Å². The normalized spacial score (nSPS) is 20.6. The predicted molar refractivity (Wildman–Crippen MR) is 257 cm³/mol. The van der Waals surface area contributed by atoms with Gasteiger partial charge in [0.15, 0.2) is 6.29 Å². The zero-order valence-corrected chi connectivity index (χ0v) is 39.9. The van der Waals surface area contributed by atoms with Crippen LogP contribution in [0.1, 0.15) is 155 Å². The average Bonchev–Trinajstić information content (AvgIpc) is 3.27. The topological polar surface area (TPSA) is 178 Å². The summed E-state index contributed by atoms with van der Waals surface area (Å²) in [4.78, 5) is 12.9. The third-order valence-electron chi connectivity index (χ3n) is 10.2. The van der Waals surface area contributed by atoms with Crippen molar-refractivity contribution in [2.45, 2.75) is 192 Å². The molecule has 0 spiro atoms. The Labute approximate surface area is 386 Å². The molecule has 13 heteroatoms. The number of ether oxygens (including phenoxy) is 4. The highest BCUT2D eigenvalue weighted by atomic mass is 32.3. The van der Waals surface area contributed by atoms with Crippen LogP contribution in [-0.2, 0) is 38.3 Å². The van der Waals surface area contributed by atoms with Gasteiger partial charge in [-0.05, 0) is 89.9 Å². The molecule has 0 saturated carbocycles. The monoisotopic (exact) mass is 921 g/mol. The number of esters is 1. The van der Waals surface area contributed by atoms with E-state index < -0.39 is 59.8 Å². The van der Waals surface area contributed by atoms with Crippen molar-refractivity contribution in [3.8, 4) is 0 Å². The maximum Gasteiger partial charge on any atom is 0.397 e. The molecule has 0 amide bonds. The lowest BCUT2D eigenvalue weighted by Gasteiger charge is -2.41. The molecule has 1 rings (SSSR count). The van der Waals surface area contributed by atoms with Crippen LogP contribution < -0.4 is 0 Å². The number of hydrogen-bond acceptors (Lipinski definition) is 11. The van der Waals surface area contributed by atoms with Gasteiger partial charge in [-0.3, -0.25) is 9.35 Å². The minimum atomic E-state index is -5.08. The molecule has 0 bridgehead atoms. The second-order valence-electron chi connectivity index (χ2n) is 16.0. The van der Waals surface area contributed by atoms with E-state index >= 15 is 0 Å². The van der Waals surface area contributed by atoms with Crippen molar-refractivity contribution < 1.29 is 56.2 Å². The number of unbranched alkanes of at least 4 members (excludes halogenated alkanes) is 11. The Balaban J connectivity index is 2.46. The Kier molecular flexibility index (Phi) is 38.2. The van der Waals surface area contributed by atoms with E-state index in [4.69, 9.17) is 18.9 Å². The molecule has 1 heterocycles. The van der Waals surface area contributed by atoms with Gasteiger partial charge in [-0.2, -0.15) is 8.42 Å². The van der Waals surface area contributed by atoms with Crippen LogP contribution in [0.5, 0.6) is 0 Å². The molecule has 6 atom stereocenters. The van der Waals surface area contributed by atoms with E-state index in [1.807, 2.05) is 6.08 Å². The molecule has 0 aromatic carbocycles. The van der Waals surface area contributed by atoms with Gasteiger partial charge >= 0.3 is 16.4 Å². The lowest BCUT2D eigenvalue weighted by Crippen LogP contribution is -2.60. The molecule has 1 fully saturated rings. The van der Waals surface area contributed by atoms with Crippen LogP contribution >= 0.6 is 0 Å². The van der Waals surface area contributed by atoms with Crippen molar-refractivity contribution in [3.63, 3.8) is 0 Å². The molecule has 0 radical (unpaired) electrons. The van der Waals surface area contributed by atoms with Crippen LogP contribution in [0.3, 0.4) is 0 Å². The maximum absolute atomic E-state index is 12.9. The molecule has 0 aromatic rings. The number of carbonyl (C=O) groups excluding carboxylic acids is 1. The van der Waals surface area contributed by atoms with Crippen molar-refractivity contribution in [3.05, 3.63) is 97.2 Å². The molecule has 4 N–H and O–H groups in total. The summed E-state index contributed by atoms with van der Waals surface area (Å²) >= 11 is 0. The van der Waals surface area contributed by atoms with Crippen LogP contribution in [0, 0.1) is 0 Å². The summed E-state index contributed by atoms with van der Waals surface area (Å²) in [7, 11) is -5.08. The largest absolute Gasteiger partial charge is 0.457 e. The van der Waals surface area contributed by atoms with Crippen molar-refractivity contribution >= 4 is 16.4 Å². The van der Waals surface area contributed by atoms with Crippen LogP contribution in [0.15, 0.2) is 97.2 Å². The zero-order chi connectivity index (χ0) is 46.8. The van der Waals surface area contributed by atoms with E-state index in [0.29, 0.717) is 19.4 Å². The molecule has 1 aliphatic rings. The van der Waals surface area contributed by atoms with Gasteiger partial charge in [0.25, 0.3) is 0 Å². The number of allylic oxidation sites excluding steroid dienone is 16. The van der Waals surface area contributed by atoms with E-state index in [0.717, 1.165) is 77.0 Å². The van der Waals surface area contributed by atoms with Crippen molar-refractivity contribution in [1.29, 1.82) is 0 Å². The fourth-order valence-corrected chi connectivity index (χ4v) is 7.10. The Hall–Kier alpha value is -2.98. The van der Waals surface area contributed by atoms with Gasteiger partial charge in [0.2, 0.25) is 0 Å². The number of aliphatic hydroxyl groups is 3. The van der Waals surface area contributed by atoms with E-state index in [1.54, 1.807) is 0 Å². The van der Waals surface area contributed by atoms with Crippen LogP contribution in [0.25, 0.3) is 0 Å². The molecule has 366 valence electrons. The van der Waals surface area contributed by atoms with E-state index in [1.165, 1.54) is 44.9 Å². The molecule has 0 aromatic heterocycles. The average molecular weight is 921 g/mol. The fourth-order valence-electron chi connectivity index (χ4n) is 6.60. The smallest absolute Gasteiger partial charge is 0.397 e. The van der Waals surface area contributed by atoms with Gasteiger partial charge in [-0.1, -0.05) is 156 Å². The molecular formula is C51H84O12S. The summed E-state index contributed by atoms with van der Waals surface area (Å²) in [5.74, 6) is -0.463. The Bertz CT molecular complexity index is 1480. The fraction of sp³-hybridized carbons (Fsp3) is 0.667. The first-order chi connectivity index (χ1) is 31.1. The van der Waals surface area contributed by atoms with E-state index in [2.05, 4.69) is 109 Å². The van der Waals surface area contributed by atoms with Gasteiger partial charge in [-0.25, -0.2) is 4.18 Å². The number of hydrogen-bond donors (Lipinski definition) is 4. The molecule has 6 unspecified atom stereocenters. The molecule has 64 heavy (non-hydrogen) atoms. The van der Waals surface area contributed by atoms with Gasteiger partial charge in [-0.15, -0.1) is 0 Å². The second kappa shape index (κ2) is 41.5. The Morgan fingerprint density at radius 1 is 0.609 bits per heavy atom. The number of aliphatic hydroxyl groups excluding tert-OH is 3. The highest BCUT2D eigenvalue weighted by Gasteiger charge is 2.48. The van der Waals surface area contributed by atoms with Crippen molar-refractivity contribution in [1.82, 2.24) is 0 Å². The minimum Gasteiger partial charge on any atom is -0.457 e. The highest BCUT2D eigenvalue weighted by molar-refractivity contribution is 7.80. The van der Waals surface area contributed by atoms with Crippen LogP contribution in [0.4, 0.5) is 0 Å². The standard InChI is InChI=1S/C51H84O12S/c1-3-5-7-9-11-13-15-17-19-21-22-23-25-27-29-31-33-35-37-39-41-59-43-45(44-60-51-49(55)50(63-64(56,57)58)48(54)46(42-52)62-51)61-47(53)40-38-36-34-32-30-28-26-24-20-18-16-14-12-10-8-6-4-2/h6,8,11-14,17-20,22-23,26,28,32,34,45-46,48-52,54-55H,3-5,7,9-10,15-16,21,24-25,27,29-31,33,35-44H2,1-2H3,(H,56,57,58)/b8-6-,13-11-,14-12-,19-17-,20-18-,23-22-,28-26-,34-32-. The first-order valence-corrected chi connectivity index (χ1v) is 25.4. The van der Waals surface area contributed by atoms with Gasteiger partial charge in [0.1, 0.15) is 30.5 Å². The van der Waals surface area contributed by atoms with E-state index in [9.17, 15) is 33.1 Å². The SMILES string of the molecule is CC/C=C\C/C=C\C/C=C\C/C=C\C/C=C\CCCC(=O)OC(COCCCCCCCCC/C=C\C/C=C\C/C=C\CCCCC)COC1OC(CO)C(O)C(OS(=O)(=O)O)C1O. The summed E-state index contributed by atoms with van der Waals surface area (Å²) in [5.41, 5.74) is 0. The summed E-state index contributed by atoms with van der Waals surface area (Å²) < 4.78 is 59.1. The Morgan fingerprint density at radius 2 is 1.08 bits per heavy atom. The molecule has 0 aliphatic carbocycles. The van der Waals surface area contributed by atoms with E-state index in [-0.39, 0.29) is 19.6 Å². The maximum atomic E-state index is 12.9. The van der Waals surface area contributed by atoms with Gasteiger partial charge < -0.3 is 34.3 Å². The molecule has 1 aliphatic heterocycles. The van der Waals surface area contributed by atoms with Crippen molar-refractivity contribution in [2.75, 3.05) is 26.4 Å². The highest BCUT2D eigenvalue weighted by Crippen LogP contribution is 2.26.